The van der Waals surface area contributed by atoms with Gasteiger partial charge in [0.15, 0.2) is 11.6 Å². The number of hydrogen-bond donors (Lipinski definition) is 1. The van der Waals surface area contributed by atoms with E-state index in [0.717, 1.165) is 45.0 Å². The number of aromatic nitrogens is 1. The Bertz CT molecular complexity index is 1760. The third kappa shape index (κ3) is 5.83. The van der Waals surface area contributed by atoms with Gasteiger partial charge in [0.2, 0.25) is 0 Å². The number of ether oxygens (including phenoxy) is 1. The Morgan fingerprint density at radius 3 is 2.48 bits per heavy atom. The molecule has 0 amide bonds. The van der Waals surface area contributed by atoms with E-state index < -0.39 is 17.6 Å². The number of carboxylic acids is 1. The number of fused-ring (bicyclic) bond motifs is 3. The summed E-state index contributed by atoms with van der Waals surface area (Å²) in [6.07, 6.45) is 3.76. The van der Waals surface area contributed by atoms with Crippen LogP contribution in [0.3, 0.4) is 0 Å². The minimum absolute atomic E-state index is 0. The average Bonchev–Trinajstić information content (AvgIpc) is 3.09. The standard InChI is InChI=1S/C32H21F2NO3S.Na.H/c33-27-16-21-7-11-23(35-29(21)17-28(27)34)10-5-19-6-14-30-26(15-19)31(25-4-2-1-3-22(25)18-38-30)39-24-12-8-20(9-13-24)32(36)37;;/h1-17,31H,18H2,(H,36,37);;. The molecule has 8 heteroatoms. The van der Waals surface area contributed by atoms with Crippen molar-refractivity contribution in [2.45, 2.75) is 16.8 Å². The van der Waals surface area contributed by atoms with Crippen LogP contribution in [-0.4, -0.2) is 45.6 Å². The molecule has 4 aromatic carbocycles. The zero-order valence-electron chi connectivity index (χ0n) is 20.5. The van der Waals surface area contributed by atoms with Gasteiger partial charge in [0.25, 0.3) is 0 Å². The SMILES string of the molecule is O=C(O)c1ccc(SC2c3ccccc3COc3ccc(C=Cc4ccc5cc(F)c(F)cc5n4)cc32)cc1.[NaH]. The molecule has 1 unspecified atom stereocenters. The fourth-order valence-electron chi connectivity index (χ4n) is 4.60. The Morgan fingerprint density at radius 2 is 1.68 bits per heavy atom. The van der Waals surface area contributed by atoms with Gasteiger partial charge in [-0.05, 0) is 71.3 Å². The fraction of sp³-hybridized carbons (Fsp3) is 0.0625. The number of rotatable bonds is 5. The zero-order chi connectivity index (χ0) is 26.9. The van der Waals surface area contributed by atoms with E-state index in [1.165, 1.54) is 0 Å². The first-order chi connectivity index (χ1) is 18.9. The summed E-state index contributed by atoms with van der Waals surface area (Å²) in [5.41, 5.74) is 5.40. The van der Waals surface area contributed by atoms with E-state index in [4.69, 9.17) is 4.74 Å². The van der Waals surface area contributed by atoms with Crippen molar-refractivity contribution in [2.75, 3.05) is 0 Å². The van der Waals surface area contributed by atoms with E-state index in [9.17, 15) is 18.7 Å². The van der Waals surface area contributed by atoms with Crippen LogP contribution >= 0.6 is 11.8 Å². The van der Waals surface area contributed by atoms with Crippen molar-refractivity contribution in [1.29, 1.82) is 0 Å². The Hall–Kier alpha value is -3.49. The predicted octanol–water partition coefficient (Wildman–Crippen LogP) is 7.51. The van der Waals surface area contributed by atoms with Crippen LogP contribution in [0.4, 0.5) is 8.78 Å². The van der Waals surface area contributed by atoms with Crippen molar-refractivity contribution >= 4 is 70.3 Å². The Morgan fingerprint density at radius 1 is 0.900 bits per heavy atom. The van der Waals surface area contributed by atoms with Crippen LogP contribution < -0.4 is 4.74 Å². The van der Waals surface area contributed by atoms with Crippen LogP contribution in [-0.2, 0) is 6.61 Å². The summed E-state index contributed by atoms with van der Waals surface area (Å²) in [7, 11) is 0. The summed E-state index contributed by atoms with van der Waals surface area (Å²) in [6, 6.07) is 26.7. The number of nitrogens with zero attached hydrogens (tertiary/aromatic N) is 1. The van der Waals surface area contributed by atoms with E-state index in [1.54, 1.807) is 36.0 Å². The molecule has 0 fully saturated rings. The van der Waals surface area contributed by atoms with Crippen LogP contribution in [0.1, 0.15) is 43.6 Å². The first-order valence-corrected chi connectivity index (χ1v) is 13.1. The summed E-state index contributed by atoms with van der Waals surface area (Å²) in [4.78, 5) is 16.7. The maximum atomic E-state index is 13.7. The first kappa shape index (κ1) is 28.1. The van der Waals surface area contributed by atoms with Gasteiger partial charge in [-0.25, -0.2) is 18.6 Å². The third-order valence-electron chi connectivity index (χ3n) is 6.59. The van der Waals surface area contributed by atoms with Crippen molar-refractivity contribution in [3.05, 3.63) is 136 Å². The number of aromatic carboxylic acids is 1. The number of carbonyl (C=O) groups is 1. The molecule has 0 aliphatic carbocycles. The molecule has 0 radical (unpaired) electrons. The Balaban J connectivity index is 0.00000323. The normalized spacial score (nSPS) is 14.1. The van der Waals surface area contributed by atoms with Crippen LogP contribution in [0.2, 0.25) is 0 Å². The number of thioether (sulfide) groups is 1. The van der Waals surface area contributed by atoms with Crippen molar-refractivity contribution in [1.82, 2.24) is 4.98 Å². The summed E-state index contributed by atoms with van der Waals surface area (Å²) < 4.78 is 33.4. The molecule has 40 heavy (non-hydrogen) atoms. The molecule has 0 saturated heterocycles. The second-order valence-electron chi connectivity index (χ2n) is 9.14. The molecular weight excluding hydrogens is 539 g/mol. The molecule has 1 atom stereocenters. The van der Waals surface area contributed by atoms with Crippen LogP contribution in [0, 0.1) is 11.6 Å². The molecule has 0 saturated carbocycles. The van der Waals surface area contributed by atoms with Crippen LogP contribution in [0.5, 0.6) is 5.75 Å². The van der Waals surface area contributed by atoms with Gasteiger partial charge in [0.05, 0.1) is 22.0 Å². The number of pyridine rings is 1. The molecule has 2 heterocycles. The molecule has 1 N–H and O–H groups in total. The van der Waals surface area contributed by atoms with Crippen molar-refractivity contribution in [3.63, 3.8) is 0 Å². The monoisotopic (exact) mass is 561 g/mol. The van der Waals surface area contributed by atoms with Crippen molar-refractivity contribution < 1.29 is 23.4 Å². The molecule has 0 bridgehead atoms. The average molecular weight is 562 g/mol. The molecule has 4 nitrogen and oxygen atoms in total. The summed E-state index contributed by atoms with van der Waals surface area (Å²) >= 11 is 1.64. The zero-order valence-corrected chi connectivity index (χ0v) is 21.3. The minimum atomic E-state index is -0.959. The molecule has 1 aliphatic rings. The Kier molecular flexibility index (Phi) is 8.38. The first-order valence-electron chi connectivity index (χ1n) is 12.2. The quantitative estimate of drug-likeness (QED) is 0.225. The molecule has 194 valence electrons. The van der Waals surface area contributed by atoms with Gasteiger partial charge in [-0.1, -0.05) is 42.5 Å². The molecular formula is C32H22F2NNaO3S. The second-order valence-corrected chi connectivity index (χ2v) is 10.3. The topological polar surface area (TPSA) is 59.4 Å². The van der Waals surface area contributed by atoms with Gasteiger partial charge in [0, 0.05) is 21.9 Å². The van der Waals surface area contributed by atoms with Crippen molar-refractivity contribution in [3.8, 4) is 5.75 Å². The maximum absolute atomic E-state index is 13.7. The van der Waals surface area contributed by atoms with E-state index in [2.05, 4.69) is 23.2 Å². The molecule has 0 spiro atoms. The molecule has 6 rings (SSSR count). The number of benzene rings is 4. The summed E-state index contributed by atoms with van der Waals surface area (Å²) in [6.45, 7) is 0.450. The van der Waals surface area contributed by atoms with E-state index in [-0.39, 0.29) is 40.4 Å². The van der Waals surface area contributed by atoms with E-state index in [0.29, 0.717) is 23.2 Å². The van der Waals surface area contributed by atoms with Crippen molar-refractivity contribution in [2.24, 2.45) is 0 Å². The van der Waals surface area contributed by atoms with Gasteiger partial charge in [0.1, 0.15) is 12.4 Å². The van der Waals surface area contributed by atoms with Gasteiger partial charge in [-0.3, -0.25) is 0 Å². The van der Waals surface area contributed by atoms with Gasteiger partial charge in [-0.15, -0.1) is 11.8 Å². The number of hydrogen-bond acceptors (Lipinski definition) is 4. The molecule has 1 aromatic heterocycles. The van der Waals surface area contributed by atoms with Gasteiger partial charge in [-0.2, -0.15) is 0 Å². The van der Waals surface area contributed by atoms with Gasteiger partial charge >= 0.3 is 35.5 Å². The van der Waals surface area contributed by atoms with Crippen LogP contribution in [0.15, 0.2) is 95.9 Å². The van der Waals surface area contributed by atoms with Gasteiger partial charge < -0.3 is 9.84 Å². The number of halogens is 2. The predicted molar refractivity (Wildman–Crippen MR) is 156 cm³/mol. The third-order valence-corrected chi connectivity index (χ3v) is 7.88. The Labute approximate surface area is 256 Å². The summed E-state index contributed by atoms with van der Waals surface area (Å²) in [5, 5.41) is 9.71. The number of carboxylic acid groups (broad SMARTS) is 1. The second kappa shape index (κ2) is 11.9. The molecule has 5 aromatic rings. The fourth-order valence-corrected chi connectivity index (χ4v) is 5.83. The van der Waals surface area contributed by atoms with E-state index >= 15 is 0 Å². The van der Waals surface area contributed by atoms with E-state index in [1.807, 2.05) is 48.6 Å². The molecule has 1 aliphatic heterocycles. The summed E-state index contributed by atoms with van der Waals surface area (Å²) in [5.74, 6) is -2.00. The van der Waals surface area contributed by atoms with Crippen LogP contribution in [0.25, 0.3) is 23.1 Å².